The van der Waals surface area contributed by atoms with Gasteiger partial charge in [-0.15, -0.1) is 0 Å². The first-order valence-corrected chi connectivity index (χ1v) is 8.50. The molecule has 27 heavy (non-hydrogen) atoms. The van der Waals surface area contributed by atoms with Gasteiger partial charge in [-0.1, -0.05) is 12.1 Å². The Morgan fingerprint density at radius 2 is 1.70 bits per heavy atom. The summed E-state index contributed by atoms with van der Waals surface area (Å²) in [4.78, 5) is 12.7. The van der Waals surface area contributed by atoms with Crippen LogP contribution in [0.15, 0.2) is 67.0 Å². The van der Waals surface area contributed by atoms with Gasteiger partial charge in [-0.2, -0.15) is 0 Å². The van der Waals surface area contributed by atoms with Gasteiger partial charge in [-0.05, 0) is 29.8 Å². The first kappa shape index (κ1) is 18.5. The number of carbonyl (C=O) groups excluding carboxylic acids is 1. The summed E-state index contributed by atoms with van der Waals surface area (Å²) < 4.78 is 26.0. The van der Waals surface area contributed by atoms with Crippen molar-refractivity contribution in [2.45, 2.75) is 12.5 Å². The topological polar surface area (TPSA) is 52.5 Å². The summed E-state index contributed by atoms with van der Waals surface area (Å²) in [6, 6.07) is 14.9. The molecule has 3 rings (SSSR count). The minimum absolute atomic E-state index is 0.150. The molecule has 0 unspecified atom stereocenters. The van der Waals surface area contributed by atoms with Crippen molar-refractivity contribution in [2.75, 3.05) is 19.5 Å². The van der Waals surface area contributed by atoms with Crippen LogP contribution >= 0.6 is 0 Å². The summed E-state index contributed by atoms with van der Waals surface area (Å²) in [6.07, 6.45) is 3.87. The molecule has 3 aromatic rings. The molecule has 0 saturated heterocycles. The van der Waals surface area contributed by atoms with Crippen LogP contribution in [-0.4, -0.2) is 24.7 Å². The highest BCUT2D eigenvalue weighted by atomic mass is 19.1. The second kappa shape index (κ2) is 8.40. The number of methoxy groups -OCH3 is 2. The number of aromatic nitrogens is 1. The number of nitrogens with one attached hydrogen (secondary N) is 1. The van der Waals surface area contributed by atoms with E-state index in [4.69, 9.17) is 9.47 Å². The van der Waals surface area contributed by atoms with Gasteiger partial charge in [0.2, 0.25) is 5.91 Å². The van der Waals surface area contributed by atoms with E-state index in [1.807, 2.05) is 35.2 Å². The summed E-state index contributed by atoms with van der Waals surface area (Å²) in [5.74, 6) is 0.629. The maximum absolute atomic E-state index is 13.7. The van der Waals surface area contributed by atoms with Crippen molar-refractivity contribution >= 4 is 11.6 Å². The van der Waals surface area contributed by atoms with Crippen LogP contribution in [-0.2, 0) is 4.79 Å². The number of ether oxygens (including phenoxy) is 2. The first-order chi connectivity index (χ1) is 13.1. The molecular formula is C21H21FN2O3. The second-order valence-electron chi connectivity index (χ2n) is 6.05. The average molecular weight is 368 g/mol. The third-order valence-electron chi connectivity index (χ3n) is 4.23. The number of hydrogen-bond acceptors (Lipinski definition) is 3. The molecule has 6 heteroatoms. The molecule has 0 aliphatic rings. The molecule has 0 spiro atoms. The lowest BCUT2D eigenvalue weighted by Gasteiger charge is -2.19. The first-order valence-electron chi connectivity index (χ1n) is 8.50. The third-order valence-corrected chi connectivity index (χ3v) is 4.23. The average Bonchev–Trinajstić information content (AvgIpc) is 3.20. The molecule has 1 aromatic heterocycles. The largest absolute Gasteiger partial charge is 0.497 e. The Bertz CT molecular complexity index is 887. The van der Waals surface area contributed by atoms with Crippen LogP contribution in [0.4, 0.5) is 10.1 Å². The molecule has 1 atom stereocenters. The predicted octanol–water partition coefficient (Wildman–Crippen LogP) is 4.26. The maximum atomic E-state index is 13.7. The lowest BCUT2D eigenvalue weighted by atomic mass is 10.0. The molecule has 5 nitrogen and oxygen atoms in total. The zero-order valence-electron chi connectivity index (χ0n) is 15.2. The van der Waals surface area contributed by atoms with Crippen LogP contribution in [0.25, 0.3) is 0 Å². The van der Waals surface area contributed by atoms with Gasteiger partial charge >= 0.3 is 0 Å². The zero-order valence-corrected chi connectivity index (χ0v) is 15.2. The number of benzene rings is 2. The van der Waals surface area contributed by atoms with Gasteiger partial charge in [0.25, 0.3) is 0 Å². The van der Waals surface area contributed by atoms with Crippen molar-refractivity contribution in [3.63, 3.8) is 0 Å². The molecule has 1 amide bonds. The normalized spacial score (nSPS) is 11.7. The van der Waals surface area contributed by atoms with Gasteiger partial charge in [0.05, 0.1) is 26.7 Å². The van der Waals surface area contributed by atoms with Crippen molar-refractivity contribution in [3.8, 4) is 11.5 Å². The van der Waals surface area contributed by atoms with Gasteiger partial charge in [-0.3, -0.25) is 4.79 Å². The number of rotatable bonds is 7. The van der Waals surface area contributed by atoms with Crippen LogP contribution in [0.3, 0.4) is 0 Å². The fourth-order valence-corrected chi connectivity index (χ4v) is 2.93. The fraction of sp³-hybridized carbons (Fsp3) is 0.190. The molecule has 140 valence electrons. The van der Waals surface area contributed by atoms with Gasteiger partial charge in [0, 0.05) is 36.3 Å². The van der Waals surface area contributed by atoms with E-state index >= 15 is 0 Å². The summed E-state index contributed by atoms with van der Waals surface area (Å²) in [5.41, 5.74) is 1.30. The fourth-order valence-electron chi connectivity index (χ4n) is 2.93. The van der Waals surface area contributed by atoms with E-state index in [0.29, 0.717) is 17.2 Å². The van der Waals surface area contributed by atoms with Crippen LogP contribution in [0.1, 0.15) is 18.0 Å². The van der Waals surface area contributed by atoms with Crippen molar-refractivity contribution in [2.24, 2.45) is 0 Å². The molecule has 0 bridgehead atoms. The molecule has 1 N–H and O–H groups in total. The van der Waals surface area contributed by atoms with Gasteiger partial charge in [0.1, 0.15) is 17.3 Å². The quantitative estimate of drug-likeness (QED) is 0.678. The summed E-state index contributed by atoms with van der Waals surface area (Å²) in [5, 5.41) is 2.86. The standard InChI is InChI=1S/C21H21FN2O3/c1-26-18-11-17(12-19(13-18)27-2)23-21(25)14-20(24-8-3-4-9-24)15-6-5-7-16(22)10-15/h3-13,20H,14H2,1-2H3,(H,23,25)/t20-/m1/s1. The number of amides is 1. The van der Waals surface area contributed by atoms with E-state index in [9.17, 15) is 9.18 Å². The van der Waals surface area contributed by atoms with Crippen LogP contribution < -0.4 is 14.8 Å². The molecule has 0 fully saturated rings. The molecule has 0 radical (unpaired) electrons. The Morgan fingerprint density at radius 3 is 2.30 bits per heavy atom. The predicted molar refractivity (Wildman–Crippen MR) is 102 cm³/mol. The third kappa shape index (κ3) is 4.67. The Labute approximate surface area is 157 Å². The van der Waals surface area contributed by atoms with E-state index in [2.05, 4.69) is 5.32 Å². The van der Waals surface area contributed by atoms with Crippen molar-refractivity contribution < 1.29 is 18.7 Å². The summed E-state index contributed by atoms with van der Waals surface area (Å²) in [7, 11) is 3.10. The highest BCUT2D eigenvalue weighted by Crippen LogP contribution is 2.27. The Kier molecular flexibility index (Phi) is 5.76. The van der Waals surface area contributed by atoms with Crippen molar-refractivity contribution in [3.05, 3.63) is 78.4 Å². The second-order valence-corrected chi connectivity index (χ2v) is 6.05. The Morgan fingerprint density at radius 1 is 1.04 bits per heavy atom. The van der Waals surface area contributed by atoms with Crippen molar-refractivity contribution in [1.29, 1.82) is 0 Å². The van der Waals surface area contributed by atoms with E-state index in [1.54, 1.807) is 38.5 Å². The van der Waals surface area contributed by atoms with E-state index in [0.717, 1.165) is 5.56 Å². The van der Waals surface area contributed by atoms with E-state index in [-0.39, 0.29) is 24.2 Å². The maximum Gasteiger partial charge on any atom is 0.226 e. The minimum Gasteiger partial charge on any atom is -0.497 e. The number of halogens is 1. The van der Waals surface area contributed by atoms with Gasteiger partial charge in [-0.25, -0.2) is 4.39 Å². The molecule has 1 heterocycles. The molecule has 0 saturated carbocycles. The van der Waals surface area contributed by atoms with E-state index < -0.39 is 0 Å². The SMILES string of the molecule is COc1cc(NC(=O)C[C@H](c2cccc(F)c2)n2cccc2)cc(OC)c1. The Balaban J connectivity index is 1.81. The molecule has 0 aliphatic carbocycles. The smallest absolute Gasteiger partial charge is 0.226 e. The number of nitrogens with zero attached hydrogens (tertiary/aromatic N) is 1. The van der Waals surface area contributed by atoms with Crippen LogP contribution in [0, 0.1) is 5.82 Å². The summed E-state index contributed by atoms with van der Waals surface area (Å²) >= 11 is 0. The van der Waals surface area contributed by atoms with Crippen LogP contribution in [0.2, 0.25) is 0 Å². The van der Waals surface area contributed by atoms with Gasteiger partial charge < -0.3 is 19.4 Å². The van der Waals surface area contributed by atoms with Crippen LogP contribution in [0.5, 0.6) is 11.5 Å². The number of hydrogen-bond donors (Lipinski definition) is 1. The number of anilines is 1. The highest BCUT2D eigenvalue weighted by molar-refractivity contribution is 5.91. The lowest BCUT2D eigenvalue weighted by molar-refractivity contribution is -0.116. The van der Waals surface area contributed by atoms with Crippen molar-refractivity contribution in [1.82, 2.24) is 4.57 Å². The minimum atomic E-state index is -0.331. The van der Waals surface area contributed by atoms with E-state index in [1.165, 1.54) is 12.1 Å². The lowest BCUT2D eigenvalue weighted by Crippen LogP contribution is -2.19. The molecule has 0 aliphatic heterocycles. The molecule has 2 aromatic carbocycles. The van der Waals surface area contributed by atoms with Gasteiger partial charge in [0.15, 0.2) is 0 Å². The monoisotopic (exact) mass is 368 g/mol. The zero-order chi connectivity index (χ0) is 19.2. The number of carbonyl (C=O) groups is 1. The highest BCUT2D eigenvalue weighted by Gasteiger charge is 2.18. The molecular weight excluding hydrogens is 347 g/mol. The Hall–Kier alpha value is -3.28. The summed E-state index contributed by atoms with van der Waals surface area (Å²) in [6.45, 7) is 0.